The molecular formula is C10H11Cl2N3. The molecule has 1 heterocycles. The third-order valence-electron chi connectivity index (χ3n) is 2.12. The molecule has 0 saturated heterocycles. The molecular weight excluding hydrogens is 233 g/mol. The Balaban J connectivity index is 0.00000112. The molecule has 0 amide bonds. The predicted molar refractivity (Wildman–Crippen MR) is 63.2 cm³/mol. The molecule has 0 unspecified atom stereocenters. The van der Waals surface area contributed by atoms with E-state index in [1.165, 1.54) is 0 Å². The number of hydrogen-bond donors (Lipinski definition) is 0. The number of benzene rings is 1. The van der Waals surface area contributed by atoms with Gasteiger partial charge < -0.3 is 4.57 Å². The molecule has 5 heteroatoms. The highest BCUT2D eigenvalue weighted by Gasteiger charge is 2.08. The number of aromatic nitrogens is 3. The van der Waals surface area contributed by atoms with Gasteiger partial charge in [-0.05, 0) is 0 Å². The summed E-state index contributed by atoms with van der Waals surface area (Å²) < 4.78 is 1.91. The molecule has 0 spiro atoms. The van der Waals surface area contributed by atoms with Crippen LogP contribution in [0.4, 0.5) is 0 Å². The molecule has 15 heavy (non-hydrogen) atoms. The first-order valence-corrected chi connectivity index (χ1v) is 4.86. The zero-order chi connectivity index (χ0) is 9.97. The second-order valence-electron chi connectivity index (χ2n) is 3.00. The van der Waals surface area contributed by atoms with Crippen LogP contribution in [0.3, 0.4) is 0 Å². The van der Waals surface area contributed by atoms with Crippen LogP contribution >= 0.6 is 24.0 Å². The normalized spacial score (nSPS) is 9.73. The highest BCUT2D eigenvalue weighted by atomic mass is 35.5. The summed E-state index contributed by atoms with van der Waals surface area (Å²) in [5.74, 6) is 2.02. The van der Waals surface area contributed by atoms with Crippen LogP contribution in [-0.4, -0.2) is 14.8 Å². The summed E-state index contributed by atoms with van der Waals surface area (Å²) in [5.41, 5.74) is 1.05. The van der Waals surface area contributed by atoms with E-state index < -0.39 is 0 Å². The van der Waals surface area contributed by atoms with Crippen molar-refractivity contribution in [3.05, 3.63) is 36.2 Å². The van der Waals surface area contributed by atoms with Gasteiger partial charge in [-0.1, -0.05) is 30.3 Å². The van der Waals surface area contributed by atoms with E-state index in [2.05, 4.69) is 10.2 Å². The van der Waals surface area contributed by atoms with E-state index in [-0.39, 0.29) is 12.4 Å². The van der Waals surface area contributed by atoms with Crippen LogP contribution in [0.25, 0.3) is 11.4 Å². The highest BCUT2D eigenvalue weighted by Crippen LogP contribution is 2.16. The number of hydrogen-bond acceptors (Lipinski definition) is 2. The minimum absolute atomic E-state index is 0. The van der Waals surface area contributed by atoms with Crippen molar-refractivity contribution in [2.75, 3.05) is 0 Å². The Kier molecular flexibility index (Phi) is 4.12. The maximum Gasteiger partial charge on any atom is 0.163 e. The maximum absolute atomic E-state index is 5.71. The third-order valence-corrected chi connectivity index (χ3v) is 2.36. The van der Waals surface area contributed by atoms with Crippen LogP contribution in [0.15, 0.2) is 30.3 Å². The number of rotatable bonds is 2. The summed E-state index contributed by atoms with van der Waals surface area (Å²) in [7, 11) is 1.92. The Morgan fingerprint density at radius 1 is 1.20 bits per heavy atom. The topological polar surface area (TPSA) is 30.7 Å². The fraction of sp³-hybridized carbons (Fsp3) is 0.200. The van der Waals surface area contributed by atoms with Gasteiger partial charge in [-0.15, -0.1) is 34.2 Å². The lowest BCUT2D eigenvalue weighted by atomic mass is 10.2. The zero-order valence-electron chi connectivity index (χ0n) is 8.22. The molecule has 2 aromatic rings. The average molecular weight is 244 g/mol. The molecule has 0 aliphatic carbocycles. The van der Waals surface area contributed by atoms with Crippen molar-refractivity contribution < 1.29 is 0 Å². The van der Waals surface area contributed by atoms with Crippen LogP contribution in [0.1, 0.15) is 5.82 Å². The van der Waals surface area contributed by atoms with Crippen molar-refractivity contribution in [1.82, 2.24) is 14.8 Å². The van der Waals surface area contributed by atoms with E-state index in [9.17, 15) is 0 Å². The van der Waals surface area contributed by atoms with Gasteiger partial charge in [-0.2, -0.15) is 0 Å². The van der Waals surface area contributed by atoms with Gasteiger partial charge >= 0.3 is 0 Å². The molecule has 0 fully saturated rings. The van der Waals surface area contributed by atoms with Gasteiger partial charge in [-0.25, -0.2) is 0 Å². The number of halogens is 2. The van der Waals surface area contributed by atoms with Crippen molar-refractivity contribution in [2.24, 2.45) is 7.05 Å². The molecule has 0 aliphatic heterocycles. The van der Waals surface area contributed by atoms with Crippen LogP contribution in [0.2, 0.25) is 0 Å². The smallest absolute Gasteiger partial charge is 0.163 e. The largest absolute Gasteiger partial charge is 0.313 e. The molecule has 0 bridgehead atoms. The fourth-order valence-electron chi connectivity index (χ4n) is 1.32. The Labute approximate surface area is 99.5 Å². The van der Waals surface area contributed by atoms with Gasteiger partial charge in [0.25, 0.3) is 0 Å². The lowest BCUT2D eigenvalue weighted by Crippen LogP contribution is -1.96. The van der Waals surface area contributed by atoms with E-state index in [1.54, 1.807) is 0 Å². The van der Waals surface area contributed by atoms with E-state index in [0.717, 1.165) is 17.2 Å². The van der Waals surface area contributed by atoms with Crippen molar-refractivity contribution in [1.29, 1.82) is 0 Å². The van der Waals surface area contributed by atoms with E-state index in [1.807, 2.05) is 41.9 Å². The summed E-state index contributed by atoms with van der Waals surface area (Å²) in [6.07, 6.45) is 0. The fourth-order valence-corrected chi connectivity index (χ4v) is 1.55. The second kappa shape index (κ2) is 5.14. The summed E-state index contributed by atoms with van der Waals surface area (Å²) in [6, 6.07) is 9.93. The van der Waals surface area contributed by atoms with Crippen molar-refractivity contribution in [2.45, 2.75) is 5.88 Å². The van der Waals surface area contributed by atoms with Crippen LogP contribution in [0, 0.1) is 0 Å². The molecule has 2 rings (SSSR count). The van der Waals surface area contributed by atoms with Gasteiger partial charge in [0.05, 0.1) is 5.88 Å². The molecule has 0 N–H and O–H groups in total. The summed E-state index contributed by atoms with van der Waals surface area (Å²) >= 11 is 5.71. The summed E-state index contributed by atoms with van der Waals surface area (Å²) in [4.78, 5) is 0. The van der Waals surface area contributed by atoms with E-state index >= 15 is 0 Å². The maximum atomic E-state index is 5.71. The van der Waals surface area contributed by atoms with Gasteiger partial charge in [0.1, 0.15) is 5.82 Å². The quantitative estimate of drug-likeness (QED) is 0.760. The molecule has 0 saturated carbocycles. The van der Waals surface area contributed by atoms with E-state index in [4.69, 9.17) is 11.6 Å². The number of nitrogens with zero attached hydrogens (tertiary/aromatic N) is 3. The molecule has 1 aromatic heterocycles. The first-order chi connectivity index (χ1) is 6.83. The van der Waals surface area contributed by atoms with Crippen molar-refractivity contribution in [3.63, 3.8) is 0 Å². The van der Waals surface area contributed by atoms with Gasteiger partial charge in [-0.3, -0.25) is 0 Å². The highest BCUT2D eigenvalue weighted by molar-refractivity contribution is 6.16. The minimum Gasteiger partial charge on any atom is -0.313 e. The van der Waals surface area contributed by atoms with E-state index in [0.29, 0.717) is 5.88 Å². The SMILES string of the molecule is Cl.Cn1c(CCl)nnc1-c1ccccc1. The van der Waals surface area contributed by atoms with Crippen LogP contribution < -0.4 is 0 Å². The zero-order valence-corrected chi connectivity index (χ0v) is 9.79. The first kappa shape index (κ1) is 12.0. The Morgan fingerprint density at radius 2 is 1.87 bits per heavy atom. The van der Waals surface area contributed by atoms with Gasteiger partial charge in [0.15, 0.2) is 5.82 Å². The van der Waals surface area contributed by atoms with Gasteiger partial charge in [0, 0.05) is 12.6 Å². The molecule has 0 atom stereocenters. The Hall–Kier alpha value is -1.06. The monoisotopic (exact) mass is 243 g/mol. The van der Waals surface area contributed by atoms with Gasteiger partial charge in [0.2, 0.25) is 0 Å². The molecule has 0 radical (unpaired) electrons. The third kappa shape index (κ3) is 2.30. The van der Waals surface area contributed by atoms with Crippen LogP contribution in [-0.2, 0) is 12.9 Å². The minimum atomic E-state index is 0. The average Bonchev–Trinajstić information content (AvgIpc) is 2.61. The standard InChI is InChI=1S/C10H10ClN3.ClH/c1-14-9(7-11)12-13-10(14)8-5-3-2-4-6-8;/h2-6H,7H2,1H3;1H. The molecule has 0 aliphatic rings. The Bertz CT molecular complexity index is 425. The van der Waals surface area contributed by atoms with Crippen molar-refractivity contribution >= 4 is 24.0 Å². The Morgan fingerprint density at radius 3 is 2.40 bits per heavy atom. The number of alkyl halides is 1. The molecule has 80 valence electrons. The molecule has 3 nitrogen and oxygen atoms in total. The van der Waals surface area contributed by atoms with Crippen molar-refractivity contribution in [3.8, 4) is 11.4 Å². The second-order valence-corrected chi connectivity index (χ2v) is 3.27. The first-order valence-electron chi connectivity index (χ1n) is 4.32. The molecule has 1 aromatic carbocycles. The van der Waals surface area contributed by atoms with Crippen LogP contribution in [0.5, 0.6) is 0 Å². The lowest BCUT2D eigenvalue weighted by molar-refractivity contribution is 0.853. The summed E-state index contributed by atoms with van der Waals surface area (Å²) in [5, 5.41) is 8.08. The summed E-state index contributed by atoms with van der Waals surface area (Å²) in [6.45, 7) is 0. The lowest BCUT2D eigenvalue weighted by Gasteiger charge is -2.01. The predicted octanol–water partition coefficient (Wildman–Crippen LogP) is 2.64.